The minimum Gasteiger partial charge on any atom is -0.323 e. The number of hydrogen-bond acceptors (Lipinski definition) is 3. The zero-order chi connectivity index (χ0) is 8.12. The van der Waals surface area contributed by atoms with Gasteiger partial charge in [-0.3, -0.25) is 0 Å². The zero-order valence-corrected chi connectivity index (χ0v) is 8.04. The van der Waals surface area contributed by atoms with E-state index in [2.05, 4.69) is 21.9 Å². The van der Waals surface area contributed by atoms with Crippen molar-refractivity contribution in [3.05, 3.63) is 0 Å². The van der Waals surface area contributed by atoms with Gasteiger partial charge in [-0.05, 0) is 28.2 Å². The van der Waals surface area contributed by atoms with E-state index in [0.717, 1.165) is 0 Å². The van der Waals surface area contributed by atoms with Crippen molar-refractivity contribution in [1.29, 1.82) is 0 Å². The molecule has 0 aliphatic carbocycles. The van der Waals surface area contributed by atoms with Gasteiger partial charge in [0.25, 0.3) is 0 Å². The molecule has 0 aromatic rings. The summed E-state index contributed by atoms with van der Waals surface area (Å²) in [6.07, 6.45) is 0. The summed E-state index contributed by atoms with van der Waals surface area (Å²) in [6, 6.07) is 0. The van der Waals surface area contributed by atoms with Crippen molar-refractivity contribution in [3.8, 4) is 0 Å². The van der Waals surface area contributed by atoms with Crippen LogP contribution in [0.15, 0.2) is 0 Å². The molecule has 0 aliphatic rings. The van der Waals surface area contributed by atoms with Crippen LogP contribution >= 0.6 is 19.1 Å². The summed E-state index contributed by atoms with van der Waals surface area (Å²) >= 11 is 4.47. The van der Waals surface area contributed by atoms with Crippen molar-refractivity contribution in [3.63, 3.8) is 0 Å². The van der Waals surface area contributed by atoms with Crippen molar-refractivity contribution < 1.29 is 4.57 Å². The highest BCUT2D eigenvalue weighted by Gasteiger charge is 1.52. The Balaban J connectivity index is -0.0000000600. The summed E-state index contributed by atoms with van der Waals surface area (Å²) in [4.78, 5) is 0. The molecule has 9 heavy (non-hydrogen) atoms. The van der Waals surface area contributed by atoms with Crippen LogP contribution < -0.4 is 10.6 Å². The summed E-state index contributed by atoms with van der Waals surface area (Å²) in [5.74, 6) is 0. The van der Waals surface area contributed by atoms with Crippen LogP contribution in [0.5, 0.6) is 0 Å². The molecule has 0 aromatic heterocycles. The van der Waals surface area contributed by atoms with Crippen LogP contribution in [-0.4, -0.2) is 28.2 Å². The van der Waals surface area contributed by atoms with E-state index in [1.54, 1.807) is 0 Å². The molecule has 0 fully saturated rings. The van der Waals surface area contributed by atoms with E-state index in [4.69, 9.17) is 4.57 Å². The third-order valence-electron chi connectivity index (χ3n) is 0. The van der Waals surface area contributed by atoms with Crippen molar-refractivity contribution >= 4 is 19.1 Å². The maximum Gasteiger partial charge on any atom is 0.441 e. The summed E-state index contributed by atoms with van der Waals surface area (Å²) in [6.45, 7) is 0. The molecule has 0 amide bonds. The van der Waals surface area contributed by atoms with Gasteiger partial charge in [0.05, 0.1) is 0 Å². The first-order valence-corrected chi connectivity index (χ1v) is 4.31. The molecule has 1 atom stereocenters. The second kappa shape index (κ2) is 40.5. The molecule has 1 unspecified atom stereocenters. The van der Waals surface area contributed by atoms with Crippen LogP contribution in [0.1, 0.15) is 0 Å². The molecule has 3 nitrogen and oxygen atoms in total. The Morgan fingerprint density at radius 3 is 1.11 bits per heavy atom. The predicted octanol–water partition coefficient (Wildman–Crippen LogP) is 0.835. The molecule has 2 N–H and O–H groups in total. The summed E-state index contributed by atoms with van der Waals surface area (Å²) in [7, 11) is 6.81. The van der Waals surface area contributed by atoms with Gasteiger partial charge < -0.3 is 10.6 Å². The Hall–Kier alpha value is 0.310. The van der Waals surface area contributed by atoms with Crippen LogP contribution in [0.2, 0.25) is 0 Å². The van der Waals surface area contributed by atoms with E-state index >= 15 is 0 Å². The number of halogens is 1. The van der Waals surface area contributed by atoms with Gasteiger partial charge in [0.1, 0.15) is 0 Å². The number of nitrogens with one attached hydrogen (secondary N) is 2. The minimum atomic E-state index is -0.694. The Bertz CT molecular complexity index is 37.7. The smallest absolute Gasteiger partial charge is 0.323 e. The predicted molar refractivity (Wildman–Crippen MR) is 44.8 cm³/mol. The van der Waals surface area contributed by atoms with Gasteiger partial charge in [-0.1, -0.05) is 4.57 Å². The van der Waals surface area contributed by atoms with E-state index in [-0.39, 0.29) is 0 Å². The maximum absolute atomic E-state index is 8.72. The van der Waals surface area contributed by atoms with Crippen molar-refractivity contribution in [2.24, 2.45) is 0 Å². The Labute approximate surface area is 63.2 Å². The van der Waals surface area contributed by atoms with Crippen LogP contribution in [-0.2, 0) is 4.57 Å². The molecule has 0 heterocycles. The average Bonchev–Trinajstić information content (AvgIpc) is 1.70. The number of hydrogen-bond donors (Lipinski definition) is 2. The Kier molecular flexibility index (Phi) is 72.7. The molecule has 58 valence electrons. The first-order valence-electron chi connectivity index (χ1n) is 2.39. The molecule has 0 saturated heterocycles. The summed E-state index contributed by atoms with van der Waals surface area (Å²) in [5.41, 5.74) is 0. The van der Waals surface area contributed by atoms with Gasteiger partial charge in [-0.2, -0.15) is 0 Å². The van der Waals surface area contributed by atoms with E-state index in [1.807, 2.05) is 28.2 Å². The van der Waals surface area contributed by atoms with Gasteiger partial charge in [-0.15, -0.1) is 0 Å². The molecule has 0 saturated carbocycles. The fourth-order valence-electron chi connectivity index (χ4n) is 0. The fourth-order valence-corrected chi connectivity index (χ4v) is 0. The summed E-state index contributed by atoms with van der Waals surface area (Å²) < 4.78 is 8.72. The minimum absolute atomic E-state index is 0.694. The average molecular weight is 174 g/mol. The molecular formula is C4H15ClN2OP+. The third kappa shape index (κ3) is 3440. The quantitative estimate of drug-likeness (QED) is 0.534. The summed E-state index contributed by atoms with van der Waals surface area (Å²) in [5, 5.41) is 5.50. The third-order valence-corrected chi connectivity index (χ3v) is 0. The monoisotopic (exact) mass is 173 g/mol. The fraction of sp³-hybridized carbons (Fsp3) is 1.00. The second-order valence-corrected chi connectivity index (χ2v) is 1.69. The molecule has 0 bridgehead atoms. The van der Waals surface area contributed by atoms with Crippen LogP contribution in [0.3, 0.4) is 0 Å². The number of rotatable bonds is 0. The van der Waals surface area contributed by atoms with Crippen molar-refractivity contribution in [2.75, 3.05) is 28.2 Å². The molecular weight excluding hydrogens is 158 g/mol. The molecule has 5 heteroatoms. The molecule has 0 radical (unpaired) electrons. The first-order chi connectivity index (χ1) is 4.24. The maximum atomic E-state index is 8.72. The molecule has 0 spiro atoms. The lowest BCUT2D eigenvalue weighted by Crippen LogP contribution is -1.89. The molecule has 0 aromatic carbocycles. The van der Waals surface area contributed by atoms with Crippen molar-refractivity contribution in [1.82, 2.24) is 10.6 Å². The van der Waals surface area contributed by atoms with E-state index in [1.165, 1.54) is 0 Å². The SMILES string of the molecule is CNC.CNC.O=[PH+]Cl. The van der Waals surface area contributed by atoms with E-state index in [9.17, 15) is 0 Å². The standard InChI is InChI=1S/2C2H7N.ClOP/c3*1-3-2/h2*3H,1-2H3;/p+1. The van der Waals surface area contributed by atoms with E-state index in [0.29, 0.717) is 0 Å². The Morgan fingerprint density at radius 1 is 1.11 bits per heavy atom. The highest BCUT2D eigenvalue weighted by molar-refractivity contribution is 7.57. The normalized spacial score (nSPS) is 6.33. The Morgan fingerprint density at radius 2 is 1.11 bits per heavy atom. The van der Waals surface area contributed by atoms with Gasteiger partial charge in [0.2, 0.25) is 11.2 Å². The molecule has 0 aliphatic heterocycles. The lowest BCUT2D eigenvalue weighted by atomic mass is 11.3. The highest BCUT2D eigenvalue weighted by atomic mass is 35.7. The van der Waals surface area contributed by atoms with Crippen molar-refractivity contribution in [2.45, 2.75) is 0 Å². The van der Waals surface area contributed by atoms with Crippen LogP contribution in [0.4, 0.5) is 0 Å². The lowest BCUT2D eigenvalue weighted by Gasteiger charge is -1.59. The second-order valence-electron chi connectivity index (χ2n) is 1.08. The largest absolute Gasteiger partial charge is 0.441 e. The highest BCUT2D eigenvalue weighted by Crippen LogP contribution is 1.92. The van der Waals surface area contributed by atoms with Crippen LogP contribution in [0, 0.1) is 0 Å². The lowest BCUT2D eigenvalue weighted by molar-refractivity contribution is 0.605. The van der Waals surface area contributed by atoms with Gasteiger partial charge in [-0.25, -0.2) is 0 Å². The van der Waals surface area contributed by atoms with Crippen LogP contribution in [0.25, 0.3) is 0 Å². The van der Waals surface area contributed by atoms with Gasteiger partial charge in [0, 0.05) is 0 Å². The topological polar surface area (TPSA) is 41.1 Å². The van der Waals surface area contributed by atoms with Gasteiger partial charge in [0.15, 0.2) is 0 Å². The zero-order valence-electron chi connectivity index (χ0n) is 6.29. The van der Waals surface area contributed by atoms with E-state index < -0.39 is 7.81 Å². The first kappa shape index (κ1) is 16.1. The molecule has 0 rings (SSSR count). The van der Waals surface area contributed by atoms with Gasteiger partial charge >= 0.3 is 7.81 Å².